The monoisotopic (exact) mass is 421 g/mol. The smallest absolute Gasteiger partial charge is 0.274 e. The first-order valence-corrected chi connectivity index (χ1v) is 9.54. The molecular formula is C19H21ClFN5O3. The molecule has 3 rings (SSSR count). The van der Waals surface area contributed by atoms with Crippen LogP contribution < -0.4 is 10.6 Å². The molecule has 1 aliphatic heterocycles. The van der Waals surface area contributed by atoms with Crippen molar-refractivity contribution in [1.29, 1.82) is 0 Å². The fourth-order valence-electron chi connectivity index (χ4n) is 2.83. The summed E-state index contributed by atoms with van der Waals surface area (Å²) in [7, 11) is 0. The van der Waals surface area contributed by atoms with Crippen molar-refractivity contribution >= 4 is 34.8 Å². The van der Waals surface area contributed by atoms with Crippen LogP contribution in [0.1, 0.15) is 43.2 Å². The molecule has 2 amide bonds. The highest BCUT2D eigenvalue weighted by atomic mass is 35.5. The highest BCUT2D eigenvalue weighted by Gasteiger charge is 2.32. The largest absolute Gasteiger partial charge is 0.382 e. The van der Waals surface area contributed by atoms with Crippen molar-refractivity contribution in [3.63, 3.8) is 0 Å². The van der Waals surface area contributed by atoms with Crippen LogP contribution >= 0.6 is 11.6 Å². The van der Waals surface area contributed by atoms with E-state index in [1.165, 1.54) is 18.2 Å². The van der Waals surface area contributed by atoms with Crippen molar-refractivity contribution in [2.45, 2.75) is 45.9 Å². The molecular weight excluding hydrogens is 401 g/mol. The van der Waals surface area contributed by atoms with Crippen LogP contribution in [-0.4, -0.2) is 39.5 Å². The molecule has 0 saturated carbocycles. The molecule has 1 aromatic carbocycles. The summed E-state index contributed by atoms with van der Waals surface area (Å²) in [5.74, 6) is -1.46. The minimum Gasteiger partial charge on any atom is -0.382 e. The average Bonchev–Trinajstić information content (AvgIpc) is 3.28. The second-order valence-corrected chi connectivity index (χ2v) is 7.20. The van der Waals surface area contributed by atoms with Gasteiger partial charge in [-0.1, -0.05) is 22.8 Å². The van der Waals surface area contributed by atoms with Crippen molar-refractivity contribution in [1.82, 2.24) is 15.1 Å². The van der Waals surface area contributed by atoms with Gasteiger partial charge >= 0.3 is 0 Å². The number of oxime groups is 1. The Morgan fingerprint density at radius 3 is 2.83 bits per heavy atom. The molecule has 1 atom stereocenters. The van der Waals surface area contributed by atoms with Crippen molar-refractivity contribution in [3.8, 4) is 0 Å². The van der Waals surface area contributed by atoms with Crippen molar-refractivity contribution < 1.29 is 18.8 Å². The third-order valence-electron chi connectivity index (χ3n) is 4.19. The van der Waals surface area contributed by atoms with Crippen LogP contribution in [-0.2, 0) is 16.2 Å². The molecule has 2 heterocycles. The SMILES string of the molecule is CCn1cc(NC(=O)C2CC(c3c(F)cccc3Cl)=NO2)c(C(=O)NC(C)C)n1. The van der Waals surface area contributed by atoms with E-state index in [4.69, 9.17) is 16.4 Å². The van der Waals surface area contributed by atoms with Crippen LogP contribution in [0.5, 0.6) is 0 Å². The Bertz CT molecular complexity index is 952. The molecule has 10 heteroatoms. The van der Waals surface area contributed by atoms with Crippen molar-refractivity contribution in [2.24, 2.45) is 5.16 Å². The lowest BCUT2D eigenvalue weighted by atomic mass is 10.0. The van der Waals surface area contributed by atoms with Crippen molar-refractivity contribution in [3.05, 3.63) is 46.5 Å². The maximum Gasteiger partial charge on any atom is 0.274 e. The van der Waals surface area contributed by atoms with E-state index in [2.05, 4.69) is 20.9 Å². The fraction of sp³-hybridized carbons (Fsp3) is 0.368. The molecule has 1 aliphatic rings. The minimum atomic E-state index is -0.980. The summed E-state index contributed by atoms with van der Waals surface area (Å²) in [5.41, 5.74) is 0.719. The van der Waals surface area contributed by atoms with E-state index in [-0.39, 0.29) is 40.1 Å². The minimum absolute atomic E-state index is 0.0436. The van der Waals surface area contributed by atoms with Gasteiger partial charge in [-0.2, -0.15) is 5.10 Å². The van der Waals surface area contributed by atoms with Gasteiger partial charge in [0.1, 0.15) is 5.82 Å². The first kappa shape index (κ1) is 20.8. The number of hydrogen-bond acceptors (Lipinski definition) is 5. The summed E-state index contributed by atoms with van der Waals surface area (Å²) >= 11 is 6.05. The van der Waals surface area contributed by atoms with Gasteiger partial charge in [-0.25, -0.2) is 4.39 Å². The number of aryl methyl sites for hydroxylation is 1. The lowest BCUT2D eigenvalue weighted by Gasteiger charge is -2.11. The van der Waals surface area contributed by atoms with Crippen molar-refractivity contribution in [2.75, 3.05) is 5.32 Å². The van der Waals surface area contributed by atoms with E-state index in [1.807, 2.05) is 20.8 Å². The molecule has 0 saturated heterocycles. The summed E-state index contributed by atoms with van der Waals surface area (Å²) in [5, 5.41) is 13.6. The number of amides is 2. The summed E-state index contributed by atoms with van der Waals surface area (Å²) < 4.78 is 15.6. The number of aromatic nitrogens is 2. The van der Waals surface area contributed by atoms with Crippen LogP contribution in [0.2, 0.25) is 5.02 Å². The molecule has 8 nitrogen and oxygen atoms in total. The van der Waals surface area contributed by atoms with E-state index in [1.54, 1.807) is 10.9 Å². The molecule has 29 heavy (non-hydrogen) atoms. The van der Waals surface area contributed by atoms with Crippen LogP contribution in [0, 0.1) is 5.82 Å². The number of hydrogen-bond donors (Lipinski definition) is 2. The summed E-state index contributed by atoms with van der Waals surface area (Å²) in [6, 6.07) is 4.19. The second kappa shape index (κ2) is 8.60. The number of nitrogens with zero attached hydrogens (tertiary/aromatic N) is 3. The maximum atomic E-state index is 14.1. The molecule has 0 aliphatic carbocycles. The lowest BCUT2D eigenvalue weighted by Crippen LogP contribution is -2.32. The number of carbonyl (C=O) groups is 2. The number of halogens is 2. The van der Waals surface area contributed by atoms with Gasteiger partial charge in [0.2, 0.25) is 6.10 Å². The molecule has 2 aromatic rings. The molecule has 0 fully saturated rings. The highest BCUT2D eigenvalue weighted by molar-refractivity contribution is 6.34. The lowest BCUT2D eigenvalue weighted by molar-refractivity contribution is -0.125. The van der Waals surface area contributed by atoms with Gasteiger partial charge in [0.15, 0.2) is 5.69 Å². The van der Waals surface area contributed by atoms with E-state index in [0.717, 1.165) is 0 Å². The quantitative estimate of drug-likeness (QED) is 0.749. The number of nitrogens with one attached hydrogen (secondary N) is 2. The topological polar surface area (TPSA) is 97.6 Å². The third kappa shape index (κ3) is 4.56. The first-order valence-electron chi connectivity index (χ1n) is 9.16. The summed E-state index contributed by atoms with van der Waals surface area (Å²) in [6.07, 6.45) is 0.631. The fourth-order valence-corrected chi connectivity index (χ4v) is 3.10. The predicted molar refractivity (Wildman–Crippen MR) is 107 cm³/mol. The van der Waals surface area contributed by atoms with Crippen LogP contribution in [0.25, 0.3) is 0 Å². The Kier molecular flexibility index (Phi) is 6.17. The third-order valence-corrected chi connectivity index (χ3v) is 4.51. The van der Waals surface area contributed by atoms with E-state index in [0.29, 0.717) is 6.54 Å². The number of benzene rings is 1. The van der Waals surface area contributed by atoms with Gasteiger partial charge in [0.25, 0.3) is 11.8 Å². The Morgan fingerprint density at radius 1 is 1.41 bits per heavy atom. The molecule has 0 bridgehead atoms. The zero-order valence-electron chi connectivity index (χ0n) is 16.2. The van der Waals surface area contributed by atoms with Gasteiger partial charge in [-0.15, -0.1) is 0 Å². The van der Waals surface area contributed by atoms with Gasteiger partial charge in [0.05, 0.1) is 22.0 Å². The second-order valence-electron chi connectivity index (χ2n) is 6.80. The predicted octanol–water partition coefficient (Wildman–Crippen LogP) is 2.97. The Morgan fingerprint density at radius 2 is 2.17 bits per heavy atom. The Hall–Kier alpha value is -2.94. The summed E-state index contributed by atoms with van der Waals surface area (Å²) in [6.45, 7) is 6.04. The molecule has 0 radical (unpaired) electrons. The zero-order chi connectivity index (χ0) is 21.1. The average molecular weight is 422 g/mol. The Labute approximate surface area is 172 Å². The van der Waals surface area contributed by atoms with Gasteiger partial charge in [-0.3, -0.25) is 14.3 Å². The maximum absolute atomic E-state index is 14.1. The molecule has 1 unspecified atom stereocenters. The van der Waals surface area contributed by atoms with E-state index >= 15 is 0 Å². The highest BCUT2D eigenvalue weighted by Crippen LogP contribution is 2.26. The van der Waals surface area contributed by atoms with Crippen LogP contribution in [0.4, 0.5) is 10.1 Å². The van der Waals surface area contributed by atoms with E-state index < -0.39 is 23.7 Å². The number of anilines is 1. The summed E-state index contributed by atoms with van der Waals surface area (Å²) in [4.78, 5) is 30.2. The van der Waals surface area contributed by atoms with E-state index in [9.17, 15) is 14.0 Å². The number of carbonyl (C=O) groups excluding carboxylic acids is 2. The molecule has 1 aromatic heterocycles. The zero-order valence-corrected chi connectivity index (χ0v) is 17.0. The Balaban J connectivity index is 1.74. The molecule has 154 valence electrons. The normalized spacial score (nSPS) is 15.8. The van der Waals surface area contributed by atoms with Crippen LogP contribution in [0.3, 0.4) is 0 Å². The first-order chi connectivity index (χ1) is 13.8. The molecule has 2 N–H and O–H groups in total. The van der Waals surface area contributed by atoms with Crippen LogP contribution in [0.15, 0.2) is 29.6 Å². The van der Waals surface area contributed by atoms with Gasteiger partial charge in [-0.05, 0) is 32.9 Å². The number of rotatable bonds is 6. The van der Waals surface area contributed by atoms with Gasteiger partial charge < -0.3 is 15.5 Å². The molecule has 0 spiro atoms. The van der Waals surface area contributed by atoms with Gasteiger partial charge in [0, 0.05) is 25.2 Å². The standard InChI is InChI=1S/C19H21ClFN5O3/c1-4-26-9-14(17(24-26)19(28)22-10(2)3)23-18(27)15-8-13(25-29-15)16-11(20)6-5-7-12(16)21/h5-7,9-10,15H,4,8H2,1-3H3,(H,22,28)(H,23,27).